The minimum Gasteiger partial charge on any atom is -0.355 e. The molecule has 0 spiro atoms. The zero-order valence-corrected chi connectivity index (χ0v) is 11.3. The van der Waals surface area contributed by atoms with Crippen LogP contribution in [0.4, 0.5) is 0 Å². The summed E-state index contributed by atoms with van der Waals surface area (Å²) in [6.07, 6.45) is 2.31. The van der Waals surface area contributed by atoms with E-state index in [2.05, 4.69) is 20.9 Å². The lowest BCUT2D eigenvalue weighted by atomic mass is 10.2. The summed E-state index contributed by atoms with van der Waals surface area (Å²) in [5.74, 6) is -0.0405. The van der Waals surface area contributed by atoms with Crippen LogP contribution < -0.4 is 16.0 Å². The molecule has 18 heavy (non-hydrogen) atoms. The van der Waals surface area contributed by atoms with Crippen LogP contribution >= 0.6 is 0 Å². The Hall–Kier alpha value is -1.14. The highest BCUT2D eigenvalue weighted by molar-refractivity contribution is 5.78. The SMILES string of the molecule is CNCC1CCCN1CC(=O)NCCNC(C)=O. The fraction of sp³-hybridized carbons (Fsp3) is 0.833. The summed E-state index contributed by atoms with van der Waals surface area (Å²) < 4.78 is 0. The van der Waals surface area contributed by atoms with E-state index in [4.69, 9.17) is 0 Å². The van der Waals surface area contributed by atoms with E-state index >= 15 is 0 Å². The molecule has 1 atom stereocenters. The zero-order chi connectivity index (χ0) is 13.4. The van der Waals surface area contributed by atoms with Crippen molar-refractivity contribution in [3.8, 4) is 0 Å². The molecule has 3 N–H and O–H groups in total. The maximum atomic E-state index is 11.7. The van der Waals surface area contributed by atoms with Crippen molar-refractivity contribution in [2.45, 2.75) is 25.8 Å². The molecule has 0 aromatic carbocycles. The summed E-state index contributed by atoms with van der Waals surface area (Å²) >= 11 is 0. The van der Waals surface area contributed by atoms with Gasteiger partial charge in [0.25, 0.3) is 0 Å². The Balaban J connectivity index is 2.16. The number of nitrogens with one attached hydrogen (secondary N) is 3. The van der Waals surface area contributed by atoms with Crippen molar-refractivity contribution in [2.75, 3.05) is 39.8 Å². The summed E-state index contributed by atoms with van der Waals surface area (Å²) in [6.45, 7) is 4.81. The van der Waals surface area contributed by atoms with Gasteiger partial charge in [-0.2, -0.15) is 0 Å². The first-order chi connectivity index (χ1) is 8.63. The maximum absolute atomic E-state index is 11.7. The topological polar surface area (TPSA) is 73.5 Å². The molecule has 1 heterocycles. The molecule has 1 aliphatic heterocycles. The van der Waals surface area contributed by atoms with Gasteiger partial charge in [0.05, 0.1) is 6.54 Å². The minimum atomic E-state index is -0.0714. The van der Waals surface area contributed by atoms with Gasteiger partial charge in [0.2, 0.25) is 11.8 Å². The molecule has 6 heteroatoms. The van der Waals surface area contributed by atoms with Crippen LogP contribution in [0.1, 0.15) is 19.8 Å². The molecule has 1 saturated heterocycles. The van der Waals surface area contributed by atoms with Gasteiger partial charge in [-0.05, 0) is 26.4 Å². The number of rotatable bonds is 7. The molecule has 1 fully saturated rings. The quantitative estimate of drug-likeness (QED) is 0.507. The Morgan fingerprint density at radius 2 is 2.00 bits per heavy atom. The van der Waals surface area contributed by atoms with E-state index in [9.17, 15) is 9.59 Å². The predicted octanol–water partition coefficient (Wildman–Crippen LogP) is -1.08. The van der Waals surface area contributed by atoms with Crippen LogP contribution in [-0.4, -0.2) is 62.5 Å². The molecule has 1 unspecified atom stereocenters. The van der Waals surface area contributed by atoms with Gasteiger partial charge in [-0.1, -0.05) is 0 Å². The third-order valence-corrected chi connectivity index (χ3v) is 3.11. The highest BCUT2D eigenvalue weighted by Crippen LogP contribution is 2.15. The highest BCUT2D eigenvalue weighted by Gasteiger charge is 2.25. The van der Waals surface area contributed by atoms with Crippen molar-refractivity contribution < 1.29 is 9.59 Å². The first-order valence-electron chi connectivity index (χ1n) is 6.53. The third kappa shape index (κ3) is 5.46. The highest BCUT2D eigenvalue weighted by atomic mass is 16.2. The number of carbonyl (C=O) groups is 2. The van der Waals surface area contributed by atoms with E-state index in [-0.39, 0.29) is 11.8 Å². The average molecular weight is 256 g/mol. The number of likely N-dealkylation sites (N-methyl/N-ethyl adjacent to an activating group) is 1. The molecule has 0 bridgehead atoms. The van der Waals surface area contributed by atoms with E-state index < -0.39 is 0 Å². The van der Waals surface area contributed by atoms with E-state index in [1.54, 1.807) is 0 Å². The number of carbonyl (C=O) groups excluding carboxylic acids is 2. The molecule has 0 saturated carbocycles. The van der Waals surface area contributed by atoms with Crippen LogP contribution in [0, 0.1) is 0 Å². The summed E-state index contributed by atoms with van der Waals surface area (Å²) in [5.41, 5.74) is 0. The van der Waals surface area contributed by atoms with Gasteiger partial charge in [0.15, 0.2) is 0 Å². The second-order valence-corrected chi connectivity index (χ2v) is 4.66. The van der Waals surface area contributed by atoms with E-state index in [0.29, 0.717) is 25.7 Å². The van der Waals surface area contributed by atoms with Crippen molar-refractivity contribution in [1.29, 1.82) is 0 Å². The molecular weight excluding hydrogens is 232 g/mol. The van der Waals surface area contributed by atoms with Gasteiger partial charge in [-0.3, -0.25) is 14.5 Å². The van der Waals surface area contributed by atoms with Crippen LogP contribution in [0.25, 0.3) is 0 Å². The third-order valence-electron chi connectivity index (χ3n) is 3.11. The molecule has 104 valence electrons. The fourth-order valence-corrected chi connectivity index (χ4v) is 2.25. The number of likely N-dealkylation sites (tertiary alicyclic amines) is 1. The van der Waals surface area contributed by atoms with Gasteiger partial charge in [0.1, 0.15) is 0 Å². The van der Waals surface area contributed by atoms with Gasteiger partial charge < -0.3 is 16.0 Å². The first kappa shape index (κ1) is 14.9. The summed E-state index contributed by atoms with van der Waals surface area (Å²) in [5, 5.41) is 8.61. The normalized spacial score (nSPS) is 19.8. The van der Waals surface area contributed by atoms with Crippen molar-refractivity contribution >= 4 is 11.8 Å². The van der Waals surface area contributed by atoms with Crippen LogP contribution in [0.2, 0.25) is 0 Å². The lowest BCUT2D eigenvalue weighted by Crippen LogP contribution is -2.44. The predicted molar refractivity (Wildman–Crippen MR) is 70.2 cm³/mol. The van der Waals surface area contributed by atoms with Crippen LogP contribution in [0.3, 0.4) is 0 Å². The van der Waals surface area contributed by atoms with Gasteiger partial charge in [0, 0.05) is 32.6 Å². The van der Waals surface area contributed by atoms with Crippen LogP contribution in [0.5, 0.6) is 0 Å². The monoisotopic (exact) mass is 256 g/mol. The Kier molecular flexibility index (Phi) is 6.67. The van der Waals surface area contributed by atoms with Gasteiger partial charge in [-0.25, -0.2) is 0 Å². The molecule has 0 radical (unpaired) electrons. The number of hydrogen-bond acceptors (Lipinski definition) is 4. The average Bonchev–Trinajstić information content (AvgIpc) is 2.72. The number of hydrogen-bond donors (Lipinski definition) is 3. The van der Waals surface area contributed by atoms with E-state index in [1.165, 1.54) is 6.92 Å². The number of amides is 2. The standard InChI is InChI=1S/C12H24N4O2/c1-10(17)14-5-6-15-12(18)9-16-7-3-4-11(16)8-13-2/h11,13H,3-9H2,1-2H3,(H,14,17)(H,15,18). The molecule has 1 aliphatic rings. The molecule has 2 amide bonds. The minimum absolute atomic E-state index is 0.0309. The first-order valence-corrected chi connectivity index (χ1v) is 6.53. The summed E-state index contributed by atoms with van der Waals surface area (Å²) in [6, 6.07) is 0.469. The van der Waals surface area contributed by atoms with Gasteiger partial charge in [-0.15, -0.1) is 0 Å². The Labute approximate surface area is 108 Å². The fourth-order valence-electron chi connectivity index (χ4n) is 2.25. The molecule has 0 aliphatic carbocycles. The molecule has 1 rings (SSSR count). The van der Waals surface area contributed by atoms with Crippen LogP contribution in [-0.2, 0) is 9.59 Å². The Morgan fingerprint density at radius 3 is 2.67 bits per heavy atom. The Bertz CT molecular complexity index is 283. The summed E-state index contributed by atoms with van der Waals surface area (Å²) in [4.78, 5) is 24.6. The lowest BCUT2D eigenvalue weighted by molar-refractivity contribution is -0.123. The van der Waals surface area contributed by atoms with Crippen molar-refractivity contribution in [3.05, 3.63) is 0 Å². The van der Waals surface area contributed by atoms with Crippen LogP contribution in [0.15, 0.2) is 0 Å². The molecule has 6 nitrogen and oxygen atoms in total. The van der Waals surface area contributed by atoms with Crippen molar-refractivity contribution in [1.82, 2.24) is 20.9 Å². The van der Waals surface area contributed by atoms with Gasteiger partial charge >= 0.3 is 0 Å². The number of nitrogens with zero attached hydrogens (tertiary/aromatic N) is 1. The van der Waals surface area contributed by atoms with E-state index in [1.807, 2.05) is 7.05 Å². The maximum Gasteiger partial charge on any atom is 0.234 e. The second kappa shape index (κ2) is 8.05. The van der Waals surface area contributed by atoms with Crippen molar-refractivity contribution in [3.63, 3.8) is 0 Å². The smallest absolute Gasteiger partial charge is 0.234 e. The lowest BCUT2D eigenvalue weighted by Gasteiger charge is -2.23. The molecular formula is C12H24N4O2. The second-order valence-electron chi connectivity index (χ2n) is 4.66. The van der Waals surface area contributed by atoms with E-state index in [0.717, 1.165) is 25.9 Å². The Morgan fingerprint density at radius 1 is 1.28 bits per heavy atom. The zero-order valence-electron chi connectivity index (χ0n) is 11.3. The van der Waals surface area contributed by atoms with Crippen molar-refractivity contribution in [2.24, 2.45) is 0 Å². The largest absolute Gasteiger partial charge is 0.355 e. The molecule has 0 aromatic rings. The summed E-state index contributed by atoms with van der Waals surface area (Å²) in [7, 11) is 1.93. The molecule has 0 aromatic heterocycles.